The number of aromatic nitrogens is 3. The SMILES string of the molecule is NS(=O)(=O)CCc1cn(-c2ccc(C(=O)N3CC4(CCC4)C3)cc2)nn1. The Morgan fingerprint density at radius 1 is 1.19 bits per heavy atom. The monoisotopic (exact) mass is 375 g/mol. The van der Waals surface area contributed by atoms with Gasteiger partial charge in [-0.2, -0.15) is 0 Å². The third kappa shape index (κ3) is 3.36. The van der Waals surface area contributed by atoms with Crippen LogP contribution < -0.4 is 5.14 Å². The summed E-state index contributed by atoms with van der Waals surface area (Å²) >= 11 is 0. The zero-order chi connectivity index (χ0) is 18.4. The highest BCUT2D eigenvalue weighted by atomic mass is 32.2. The van der Waals surface area contributed by atoms with Gasteiger partial charge in [0, 0.05) is 30.5 Å². The van der Waals surface area contributed by atoms with Crippen molar-refractivity contribution in [2.75, 3.05) is 18.8 Å². The van der Waals surface area contributed by atoms with Crippen LogP contribution in [0, 0.1) is 5.41 Å². The summed E-state index contributed by atoms with van der Waals surface area (Å²) in [5.74, 6) is -0.0993. The van der Waals surface area contributed by atoms with Crippen molar-refractivity contribution >= 4 is 15.9 Å². The second-order valence-corrected chi connectivity index (χ2v) is 9.07. The van der Waals surface area contributed by atoms with Gasteiger partial charge in [0.15, 0.2) is 0 Å². The van der Waals surface area contributed by atoms with Crippen LogP contribution in [0.3, 0.4) is 0 Å². The summed E-state index contributed by atoms with van der Waals surface area (Å²) in [6, 6.07) is 7.19. The van der Waals surface area contributed by atoms with Crippen LogP contribution in [-0.4, -0.2) is 53.1 Å². The van der Waals surface area contributed by atoms with Crippen molar-refractivity contribution in [1.82, 2.24) is 19.9 Å². The predicted molar refractivity (Wildman–Crippen MR) is 95.2 cm³/mol. The lowest BCUT2D eigenvalue weighted by molar-refractivity contribution is -0.0426. The summed E-state index contributed by atoms with van der Waals surface area (Å²) in [6.07, 6.45) is 5.66. The van der Waals surface area contributed by atoms with E-state index in [2.05, 4.69) is 10.3 Å². The molecule has 0 unspecified atom stereocenters. The third-order valence-corrected chi connectivity index (χ3v) is 6.09. The molecule has 1 aromatic carbocycles. The van der Waals surface area contributed by atoms with E-state index in [4.69, 9.17) is 5.14 Å². The van der Waals surface area contributed by atoms with Crippen LogP contribution in [0.2, 0.25) is 0 Å². The van der Waals surface area contributed by atoms with E-state index in [1.807, 2.05) is 17.0 Å². The number of carbonyl (C=O) groups excluding carboxylic acids is 1. The number of primary sulfonamides is 1. The van der Waals surface area contributed by atoms with Crippen LogP contribution in [0.15, 0.2) is 30.5 Å². The molecule has 1 aliphatic carbocycles. The summed E-state index contributed by atoms with van der Waals surface area (Å²) in [5.41, 5.74) is 2.39. The molecule has 4 rings (SSSR count). The predicted octanol–water partition coefficient (Wildman–Crippen LogP) is 0.724. The molecule has 138 valence electrons. The smallest absolute Gasteiger partial charge is 0.253 e. The van der Waals surface area contributed by atoms with E-state index in [1.54, 1.807) is 23.0 Å². The first-order chi connectivity index (χ1) is 12.3. The van der Waals surface area contributed by atoms with Gasteiger partial charge >= 0.3 is 0 Å². The lowest BCUT2D eigenvalue weighted by atomic mass is 9.63. The Morgan fingerprint density at radius 2 is 1.88 bits per heavy atom. The van der Waals surface area contributed by atoms with Crippen LogP contribution in [0.1, 0.15) is 35.3 Å². The zero-order valence-corrected chi connectivity index (χ0v) is 15.2. The van der Waals surface area contributed by atoms with Gasteiger partial charge in [0.25, 0.3) is 5.91 Å². The molecule has 0 bridgehead atoms. The molecule has 26 heavy (non-hydrogen) atoms. The number of nitrogens with two attached hydrogens (primary N) is 1. The molecule has 0 atom stereocenters. The van der Waals surface area contributed by atoms with E-state index in [0.29, 0.717) is 16.7 Å². The Kier molecular flexibility index (Phi) is 4.07. The standard InChI is InChI=1S/C17H21N5O3S/c18-26(24,25)9-6-14-10-22(20-19-14)15-4-2-13(3-5-15)16(23)21-11-17(12-21)7-1-8-17/h2-5,10H,1,6-9,11-12H2,(H2,18,24,25). The second kappa shape index (κ2) is 6.17. The minimum Gasteiger partial charge on any atom is -0.337 e. The Bertz CT molecular complexity index is 924. The highest BCUT2D eigenvalue weighted by Crippen LogP contribution is 2.48. The first-order valence-corrected chi connectivity index (χ1v) is 10.4. The van der Waals surface area contributed by atoms with Crippen molar-refractivity contribution in [2.45, 2.75) is 25.7 Å². The normalized spacial score (nSPS) is 18.4. The number of benzene rings is 1. The van der Waals surface area contributed by atoms with Crippen LogP contribution in [-0.2, 0) is 16.4 Å². The minimum atomic E-state index is -3.52. The van der Waals surface area contributed by atoms with Crippen LogP contribution >= 0.6 is 0 Å². The van der Waals surface area contributed by atoms with Crippen molar-refractivity contribution in [2.24, 2.45) is 10.6 Å². The zero-order valence-electron chi connectivity index (χ0n) is 14.3. The third-order valence-electron chi connectivity index (χ3n) is 5.32. The number of likely N-dealkylation sites (tertiary alicyclic amines) is 1. The fraction of sp³-hybridized carbons (Fsp3) is 0.471. The quantitative estimate of drug-likeness (QED) is 0.828. The van der Waals surface area contributed by atoms with Gasteiger partial charge in [-0.25, -0.2) is 18.2 Å². The highest BCUT2D eigenvalue weighted by Gasteiger charge is 2.48. The number of rotatable bonds is 5. The molecule has 2 N–H and O–H groups in total. The van der Waals surface area contributed by atoms with Crippen molar-refractivity contribution in [3.8, 4) is 5.69 Å². The lowest BCUT2D eigenvalue weighted by Crippen LogP contribution is -2.61. The van der Waals surface area contributed by atoms with E-state index in [0.717, 1.165) is 18.8 Å². The number of aryl methyl sites for hydroxylation is 1. The van der Waals surface area contributed by atoms with Gasteiger partial charge in [-0.15, -0.1) is 5.10 Å². The van der Waals surface area contributed by atoms with Gasteiger partial charge < -0.3 is 4.90 Å². The first kappa shape index (κ1) is 17.2. The van der Waals surface area contributed by atoms with Gasteiger partial charge in [-0.1, -0.05) is 11.6 Å². The second-order valence-electron chi connectivity index (χ2n) is 7.33. The van der Waals surface area contributed by atoms with Crippen LogP contribution in [0.5, 0.6) is 0 Å². The Labute approximate surface area is 152 Å². The van der Waals surface area contributed by atoms with Gasteiger partial charge in [-0.05, 0) is 37.1 Å². The molecule has 2 fully saturated rings. The molecule has 2 aromatic rings. The van der Waals surface area contributed by atoms with Crippen molar-refractivity contribution in [3.05, 3.63) is 41.7 Å². The molecule has 9 heteroatoms. The maximum atomic E-state index is 12.5. The Balaban J connectivity index is 1.40. The average Bonchev–Trinajstić information content (AvgIpc) is 2.98. The molecule has 1 aromatic heterocycles. The number of hydrogen-bond donors (Lipinski definition) is 1. The largest absolute Gasteiger partial charge is 0.337 e. The number of carbonyl (C=O) groups is 1. The molecular weight excluding hydrogens is 354 g/mol. The van der Waals surface area contributed by atoms with Crippen LogP contribution in [0.25, 0.3) is 5.69 Å². The molecule has 2 heterocycles. The summed E-state index contributed by atoms with van der Waals surface area (Å²) in [7, 11) is -3.52. The summed E-state index contributed by atoms with van der Waals surface area (Å²) in [6.45, 7) is 1.76. The fourth-order valence-corrected chi connectivity index (χ4v) is 4.12. The molecule has 1 saturated carbocycles. The molecular formula is C17H21N5O3S. The number of sulfonamides is 1. The highest BCUT2D eigenvalue weighted by molar-refractivity contribution is 7.89. The molecule has 0 radical (unpaired) electrons. The maximum Gasteiger partial charge on any atom is 0.253 e. The van der Waals surface area contributed by atoms with Gasteiger partial charge in [0.05, 0.1) is 23.3 Å². The van der Waals surface area contributed by atoms with E-state index in [1.165, 1.54) is 19.3 Å². The lowest BCUT2D eigenvalue weighted by Gasteiger charge is -2.55. The minimum absolute atomic E-state index is 0.0708. The summed E-state index contributed by atoms with van der Waals surface area (Å²) < 4.78 is 23.6. The van der Waals surface area contributed by atoms with Crippen LogP contribution in [0.4, 0.5) is 0 Å². The Morgan fingerprint density at radius 3 is 2.46 bits per heavy atom. The van der Waals surface area contributed by atoms with Gasteiger partial charge in [0.2, 0.25) is 10.0 Å². The number of nitrogens with zero attached hydrogens (tertiary/aromatic N) is 4. The maximum absolute atomic E-state index is 12.5. The molecule has 8 nitrogen and oxygen atoms in total. The van der Waals surface area contributed by atoms with Crippen molar-refractivity contribution in [3.63, 3.8) is 0 Å². The average molecular weight is 375 g/mol. The van der Waals surface area contributed by atoms with Crippen molar-refractivity contribution < 1.29 is 13.2 Å². The van der Waals surface area contributed by atoms with E-state index < -0.39 is 10.0 Å². The summed E-state index contributed by atoms with van der Waals surface area (Å²) in [5, 5.41) is 12.9. The molecule has 1 spiro atoms. The van der Waals surface area contributed by atoms with E-state index in [-0.39, 0.29) is 18.1 Å². The topological polar surface area (TPSA) is 111 Å². The molecule has 1 saturated heterocycles. The summed E-state index contributed by atoms with van der Waals surface area (Å²) in [4.78, 5) is 14.4. The number of hydrogen-bond acceptors (Lipinski definition) is 5. The fourth-order valence-electron chi connectivity index (χ4n) is 3.63. The molecule has 2 aliphatic rings. The number of amides is 1. The first-order valence-electron chi connectivity index (χ1n) is 8.65. The van der Waals surface area contributed by atoms with E-state index >= 15 is 0 Å². The van der Waals surface area contributed by atoms with E-state index in [9.17, 15) is 13.2 Å². The van der Waals surface area contributed by atoms with Gasteiger partial charge in [0.1, 0.15) is 0 Å². The van der Waals surface area contributed by atoms with Crippen molar-refractivity contribution in [1.29, 1.82) is 0 Å². The Hall–Kier alpha value is -2.26. The van der Waals surface area contributed by atoms with Gasteiger partial charge in [-0.3, -0.25) is 4.79 Å². The molecule has 1 amide bonds. The molecule has 1 aliphatic heterocycles.